The molecule has 2 saturated heterocycles. The summed E-state index contributed by atoms with van der Waals surface area (Å²) in [6.07, 6.45) is -2.63. The zero-order valence-corrected chi connectivity index (χ0v) is 18.2. The largest absolute Gasteiger partial charge is 0.416 e. The summed E-state index contributed by atoms with van der Waals surface area (Å²) in [7, 11) is 1.60. The number of alkyl halides is 4. The van der Waals surface area contributed by atoms with Crippen LogP contribution in [0, 0.1) is 6.92 Å². The molecule has 176 valence electrons. The minimum absolute atomic E-state index is 0.0898. The van der Waals surface area contributed by atoms with Crippen LogP contribution in [0.25, 0.3) is 0 Å². The highest BCUT2D eigenvalue weighted by atomic mass is 19.4. The Hall–Kier alpha value is -2.20. The van der Waals surface area contributed by atoms with Gasteiger partial charge in [0.2, 0.25) is 0 Å². The quantitative estimate of drug-likeness (QED) is 0.599. The van der Waals surface area contributed by atoms with Crippen molar-refractivity contribution in [1.29, 1.82) is 0 Å². The molecule has 0 amide bonds. The molecule has 0 N–H and O–H groups in total. The van der Waals surface area contributed by atoms with Gasteiger partial charge in [-0.15, -0.1) is 0 Å². The van der Waals surface area contributed by atoms with Crippen molar-refractivity contribution >= 4 is 0 Å². The zero-order chi connectivity index (χ0) is 23.0. The SMILES string of the molecule is Cc1nn(C[C@H](F)CN2C3CCC2CC(OCc2ccccc2C(F)(F)F)C3)c(=O)n1C. The van der Waals surface area contributed by atoms with Gasteiger partial charge in [0.05, 0.1) is 24.8 Å². The van der Waals surface area contributed by atoms with Crippen molar-refractivity contribution in [2.45, 2.75) is 76.3 Å². The van der Waals surface area contributed by atoms with Crippen molar-refractivity contribution in [1.82, 2.24) is 19.2 Å². The van der Waals surface area contributed by atoms with Crippen LogP contribution in [0.3, 0.4) is 0 Å². The molecule has 10 heteroatoms. The van der Waals surface area contributed by atoms with Gasteiger partial charge in [-0.2, -0.15) is 18.3 Å². The molecule has 4 rings (SSSR count). The minimum Gasteiger partial charge on any atom is -0.373 e. The van der Waals surface area contributed by atoms with Gasteiger partial charge in [-0.1, -0.05) is 18.2 Å². The summed E-state index contributed by atoms with van der Waals surface area (Å²) in [6, 6.07) is 5.74. The minimum atomic E-state index is -4.41. The van der Waals surface area contributed by atoms with E-state index in [1.807, 2.05) is 0 Å². The average Bonchev–Trinajstić information content (AvgIpc) is 3.10. The molecule has 2 bridgehead atoms. The van der Waals surface area contributed by atoms with Crippen molar-refractivity contribution in [2.24, 2.45) is 7.05 Å². The second-order valence-electron chi connectivity index (χ2n) is 8.81. The van der Waals surface area contributed by atoms with E-state index in [-0.39, 0.29) is 49.1 Å². The van der Waals surface area contributed by atoms with E-state index in [0.29, 0.717) is 18.7 Å². The van der Waals surface area contributed by atoms with Crippen LogP contribution < -0.4 is 5.69 Å². The number of piperidine rings is 1. The van der Waals surface area contributed by atoms with Crippen molar-refractivity contribution in [2.75, 3.05) is 6.54 Å². The van der Waals surface area contributed by atoms with Crippen LogP contribution in [0.4, 0.5) is 17.6 Å². The Morgan fingerprint density at radius 1 is 1.16 bits per heavy atom. The summed E-state index contributed by atoms with van der Waals surface area (Å²) in [5, 5.41) is 4.09. The van der Waals surface area contributed by atoms with E-state index in [2.05, 4.69) is 10.00 Å². The number of benzene rings is 1. The maximum Gasteiger partial charge on any atom is 0.416 e. The highest BCUT2D eigenvalue weighted by Crippen LogP contribution is 2.38. The van der Waals surface area contributed by atoms with Crippen LogP contribution in [0.1, 0.15) is 42.6 Å². The van der Waals surface area contributed by atoms with Crippen LogP contribution in [-0.2, 0) is 31.1 Å². The monoisotopic (exact) mass is 456 g/mol. The van der Waals surface area contributed by atoms with E-state index in [1.165, 1.54) is 16.7 Å². The molecule has 2 fully saturated rings. The third-order valence-electron chi connectivity index (χ3n) is 6.68. The normalized spacial score (nSPS) is 24.8. The van der Waals surface area contributed by atoms with E-state index in [1.54, 1.807) is 20.0 Å². The molecule has 2 aromatic rings. The van der Waals surface area contributed by atoms with Crippen molar-refractivity contribution in [3.05, 3.63) is 51.7 Å². The number of hydrogen-bond donors (Lipinski definition) is 0. The number of aromatic nitrogens is 3. The fourth-order valence-electron chi connectivity index (χ4n) is 4.98. The first-order valence-corrected chi connectivity index (χ1v) is 10.9. The molecular weight excluding hydrogens is 428 g/mol. The number of nitrogens with zero attached hydrogens (tertiary/aromatic N) is 4. The molecule has 1 aromatic carbocycles. The second-order valence-corrected chi connectivity index (χ2v) is 8.81. The van der Waals surface area contributed by atoms with Crippen LogP contribution in [0.2, 0.25) is 0 Å². The Labute approximate surface area is 183 Å². The van der Waals surface area contributed by atoms with Crippen molar-refractivity contribution in [3.8, 4) is 0 Å². The Morgan fingerprint density at radius 3 is 2.41 bits per heavy atom. The number of aryl methyl sites for hydroxylation is 1. The van der Waals surface area contributed by atoms with Gasteiger partial charge in [-0.25, -0.2) is 13.9 Å². The molecule has 32 heavy (non-hydrogen) atoms. The van der Waals surface area contributed by atoms with Gasteiger partial charge < -0.3 is 4.74 Å². The average molecular weight is 456 g/mol. The van der Waals surface area contributed by atoms with Gasteiger partial charge >= 0.3 is 11.9 Å². The lowest BCUT2D eigenvalue weighted by atomic mass is 9.99. The maximum atomic E-state index is 14.8. The molecule has 0 spiro atoms. The van der Waals surface area contributed by atoms with Gasteiger partial charge in [0.25, 0.3) is 0 Å². The summed E-state index contributed by atoms with van der Waals surface area (Å²) in [5.41, 5.74) is -0.866. The maximum absolute atomic E-state index is 14.8. The molecule has 6 nitrogen and oxygen atoms in total. The summed E-state index contributed by atoms with van der Waals surface area (Å²) in [6.45, 7) is 1.72. The number of rotatable bonds is 7. The number of hydrogen-bond acceptors (Lipinski definition) is 4. The van der Waals surface area contributed by atoms with Crippen LogP contribution in [0.5, 0.6) is 0 Å². The summed E-state index contributed by atoms with van der Waals surface area (Å²) >= 11 is 0. The van der Waals surface area contributed by atoms with Gasteiger partial charge in [0, 0.05) is 25.7 Å². The van der Waals surface area contributed by atoms with E-state index in [4.69, 9.17) is 4.74 Å². The number of ether oxygens (including phenoxy) is 1. The molecule has 0 aliphatic carbocycles. The lowest BCUT2D eigenvalue weighted by Gasteiger charge is -2.39. The lowest BCUT2D eigenvalue weighted by molar-refractivity contribution is -0.139. The predicted octanol–water partition coefficient (Wildman–Crippen LogP) is 3.46. The van der Waals surface area contributed by atoms with Crippen LogP contribution in [-0.4, -0.2) is 50.2 Å². The van der Waals surface area contributed by atoms with Crippen LogP contribution >= 0.6 is 0 Å². The first kappa shape index (κ1) is 23.0. The molecule has 2 aliphatic heterocycles. The molecule has 2 unspecified atom stereocenters. The van der Waals surface area contributed by atoms with Gasteiger partial charge in [-0.05, 0) is 44.2 Å². The summed E-state index contributed by atoms with van der Waals surface area (Å²) in [5.74, 6) is 0.535. The molecule has 0 radical (unpaired) electrons. The summed E-state index contributed by atoms with van der Waals surface area (Å²) < 4.78 is 62.8. The van der Waals surface area contributed by atoms with E-state index in [9.17, 15) is 22.4 Å². The Morgan fingerprint density at radius 2 is 1.81 bits per heavy atom. The zero-order valence-electron chi connectivity index (χ0n) is 18.2. The van der Waals surface area contributed by atoms with E-state index in [0.717, 1.165) is 23.6 Å². The second kappa shape index (κ2) is 8.97. The number of halogens is 4. The summed E-state index contributed by atoms with van der Waals surface area (Å²) in [4.78, 5) is 14.2. The Balaban J connectivity index is 1.33. The van der Waals surface area contributed by atoms with Crippen molar-refractivity contribution < 1.29 is 22.3 Å². The molecule has 0 saturated carbocycles. The first-order valence-electron chi connectivity index (χ1n) is 10.9. The molecular formula is C22H28F4N4O2. The standard InChI is InChI=1S/C22H28F4N4O2/c1-14-27-30(21(31)28(14)2)12-16(23)11-29-17-7-8-18(29)10-19(9-17)32-13-15-5-3-4-6-20(15)22(24,25)26/h3-6,16-19H,7-13H2,1-2H3/t16-,17?,18?,19?/m1/s1. The molecule has 3 atom stereocenters. The third kappa shape index (κ3) is 4.76. The van der Waals surface area contributed by atoms with Crippen LogP contribution in [0.15, 0.2) is 29.1 Å². The first-order chi connectivity index (χ1) is 15.1. The molecule has 3 heterocycles. The Bertz CT molecular complexity index is 989. The third-order valence-corrected chi connectivity index (χ3v) is 6.68. The fraction of sp³-hybridized carbons (Fsp3) is 0.636. The van der Waals surface area contributed by atoms with E-state index < -0.39 is 17.9 Å². The van der Waals surface area contributed by atoms with Gasteiger partial charge in [0.15, 0.2) is 0 Å². The van der Waals surface area contributed by atoms with Gasteiger partial charge in [0.1, 0.15) is 12.0 Å². The van der Waals surface area contributed by atoms with Crippen molar-refractivity contribution in [3.63, 3.8) is 0 Å². The molecule has 1 aromatic heterocycles. The number of fused-ring (bicyclic) bond motifs is 2. The fourth-order valence-corrected chi connectivity index (χ4v) is 4.98. The molecule has 2 aliphatic rings. The lowest BCUT2D eigenvalue weighted by Crippen LogP contribution is -2.48. The smallest absolute Gasteiger partial charge is 0.373 e. The van der Waals surface area contributed by atoms with E-state index >= 15 is 0 Å². The predicted molar refractivity (Wildman–Crippen MR) is 110 cm³/mol. The highest BCUT2D eigenvalue weighted by Gasteiger charge is 2.42. The van der Waals surface area contributed by atoms with Gasteiger partial charge in [-0.3, -0.25) is 9.47 Å². The highest BCUT2D eigenvalue weighted by molar-refractivity contribution is 5.29. The topological polar surface area (TPSA) is 52.3 Å². The Kier molecular flexibility index (Phi) is 6.44.